The molecule has 1 aromatic carbocycles. The molecular weight excluding hydrogens is 318 g/mol. The van der Waals surface area contributed by atoms with Gasteiger partial charge in [0.1, 0.15) is 5.82 Å². The molecule has 1 atom stereocenters. The van der Waals surface area contributed by atoms with E-state index in [0.29, 0.717) is 19.6 Å². The Morgan fingerprint density at radius 1 is 1.32 bits per heavy atom. The molecule has 1 unspecified atom stereocenters. The lowest BCUT2D eigenvalue weighted by Crippen LogP contribution is -2.42. The molecule has 7 heteroatoms. The van der Waals surface area contributed by atoms with Crippen LogP contribution in [0, 0.1) is 0 Å². The summed E-state index contributed by atoms with van der Waals surface area (Å²) in [6, 6.07) is 8.09. The Labute approximate surface area is 147 Å². The molecule has 2 heterocycles. The highest BCUT2D eigenvalue weighted by molar-refractivity contribution is 5.76. The van der Waals surface area contributed by atoms with Gasteiger partial charge >= 0.3 is 6.03 Å². The molecule has 1 aromatic heterocycles. The molecule has 0 saturated carbocycles. The number of imidazole rings is 1. The number of aromatic nitrogens is 2. The molecule has 25 heavy (non-hydrogen) atoms. The van der Waals surface area contributed by atoms with Crippen LogP contribution in [0.3, 0.4) is 0 Å². The van der Waals surface area contributed by atoms with Gasteiger partial charge in [-0.15, -0.1) is 0 Å². The number of fused-ring (bicyclic) bond motifs is 1. The molecule has 2 aromatic rings. The van der Waals surface area contributed by atoms with Crippen LogP contribution in [0.15, 0.2) is 24.3 Å². The highest BCUT2D eigenvalue weighted by Gasteiger charge is 2.26. The van der Waals surface area contributed by atoms with Gasteiger partial charge in [-0.05, 0) is 25.0 Å². The maximum Gasteiger partial charge on any atom is 0.317 e. The Hall–Kier alpha value is -2.57. The SMILES string of the molecule is CC(=O)NC1CCN(C(=O)NCCCc2nc3ccccc3n2C)C1. The zero-order valence-corrected chi connectivity index (χ0v) is 14.8. The minimum Gasteiger partial charge on any atom is -0.352 e. The van der Waals surface area contributed by atoms with Gasteiger partial charge in [-0.2, -0.15) is 0 Å². The number of aryl methyl sites for hydroxylation is 2. The minimum atomic E-state index is -0.0575. The molecule has 1 fully saturated rings. The number of rotatable bonds is 5. The van der Waals surface area contributed by atoms with Crippen molar-refractivity contribution in [3.63, 3.8) is 0 Å². The maximum absolute atomic E-state index is 12.2. The number of benzene rings is 1. The summed E-state index contributed by atoms with van der Waals surface area (Å²) in [5.41, 5.74) is 2.13. The van der Waals surface area contributed by atoms with Crippen LogP contribution in [0.4, 0.5) is 4.79 Å². The predicted octanol–water partition coefficient (Wildman–Crippen LogP) is 1.43. The number of nitrogens with zero attached hydrogens (tertiary/aromatic N) is 3. The number of hydrogen-bond donors (Lipinski definition) is 2. The third kappa shape index (κ3) is 4.10. The van der Waals surface area contributed by atoms with E-state index in [9.17, 15) is 9.59 Å². The van der Waals surface area contributed by atoms with Crippen LogP contribution >= 0.6 is 0 Å². The summed E-state index contributed by atoms with van der Waals surface area (Å²) in [5, 5.41) is 5.82. The second-order valence-electron chi connectivity index (χ2n) is 6.54. The summed E-state index contributed by atoms with van der Waals surface area (Å²) in [6.07, 6.45) is 2.47. The van der Waals surface area contributed by atoms with E-state index in [1.807, 2.05) is 25.2 Å². The van der Waals surface area contributed by atoms with Gasteiger partial charge in [0.2, 0.25) is 5.91 Å². The van der Waals surface area contributed by atoms with Crippen LogP contribution in [-0.4, -0.2) is 52.1 Å². The highest BCUT2D eigenvalue weighted by Crippen LogP contribution is 2.15. The normalized spacial score (nSPS) is 17.0. The quantitative estimate of drug-likeness (QED) is 0.806. The van der Waals surface area contributed by atoms with Crippen LogP contribution < -0.4 is 10.6 Å². The molecule has 1 saturated heterocycles. The number of hydrogen-bond acceptors (Lipinski definition) is 3. The fourth-order valence-electron chi connectivity index (χ4n) is 3.32. The smallest absolute Gasteiger partial charge is 0.317 e. The average molecular weight is 343 g/mol. The number of urea groups is 1. The van der Waals surface area contributed by atoms with Gasteiger partial charge in [-0.3, -0.25) is 4.79 Å². The van der Waals surface area contributed by atoms with Crippen molar-refractivity contribution in [1.29, 1.82) is 0 Å². The van der Waals surface area contributed by atoms with E-state index in [0.717, 1.165) is 36.1 Å². The Bertz CT molecular complexity index is 770. The highest BCUT2D eigenvalue weighted by atomic mass is 16.2. The summed E-state index contributed by atoms with van der Waals surface area (Å²) >= 11 is 0. The number of para-hydroxylation sites is 2. The van der Waals surface area contributed by atoms with Gasteiger partial charge < -0.3 is 20.1 Å². The summed E-state index contributed by atoms with van der Waals surface area (Å²) in [4.78, 5) is 29.7. The second-order valence-corrected chi connectivity index (χ2v) is 6.54. The Balaban J connectivity index is 1.43. The average Bonchev–Trinajstić information content (AvgIpc) is 3.16. The van der Waals surface area contributed by atoms with E-state index in [1.54, 1.807) is 4.90 Å². The number of likely N-dealkylation sites (tertiary alicyclic amines) is 1. The van der Waals surface area contributed by atoms with Crippen molar-refractivity contribution >= 4 is 23.0 Å². The van der Waals surface area contributed by atoms with Gasteiger partial charge in [0.15, 0.2) is 0 Å². The molecule has 134 valence electrons. The zero-order valence-electron chi connectivity index (χ0n) is 14.8. The maximum atomic E-state index is 12.2. The van der Waals surface area contributed by atoms with Crippen LogP contribution in [0.25, 0.3) is 11.0 Å². The molecule has 7 nitrogen and oxygen atoms in total. The Morgan fingerprint density at radius 2 is 2.12 bits per heavy atom. The topological polar surface area (TPSA) is 79.3 Å². The van der Waals surface area contributed by atoms with Crippen molar-refractivity contribution in [3.05, 3.63) is 30.1 Å². The fourth-order valence-corrected chi connectivity index (χ4v) is 3.32. The molecule has 1 aliphatic rings. The molecule has 0 aliphatic carbocycles. The van der Waals surface area contributed by atoms with E-state index in [2.05, 4.69) is 26.3 Å². The monoisotopic (exact) mass is 343 g/mol. The third-order valence-corrected chi connectivity index (χ3v) is 4.62. The van der Waals surface area contributed by atoms with E-state index >= 15 is 0 Å². The van der Waals surface area contributed by atoms with E-state index in [1.165, 1.54) is 6.92 Å². The van der Waals surface area contributed by atoms with Gasteiger partial charge in [0.25, 0.3) is 0 Å². The largest absolute Gasteiger partial charge is 0.352 e. The minimum absolute atomic E-state index is 0.0466. The molecule has 0 spiro atoms. The first kappa shape index (κ1) is 17.3. The van der Waals surface area contributed by atoms with Crippen molar-refractivity contribution in [2.45, 2.75) is 32.2 Å². The fraction of sp³-hybridized carbons (Fsp3) is 0.500. The number of carbonyl (C=O) groups excluding carboxylic acids is 2. The van der Waals surface area contributed by atoms with Gasteiger partial charge in [-0.1, -0.05) is 12.1 Å². The summed E-state index contributed by atoms with van der Waals surface area (Å²) in [6.45, 7) is 3.38. The Kier molecular flexibility index (Phi) is 5.21. The molecule has 2 N–H and O–H groups in total. The molecule has 1 aliphatic heterocycles. The lowest BCUT2D eigenvalue weighted by Gasteiger charge is -2.17. The molecule has 0 bridgehead atoms. The predicted molar refractivity (Wildman–Crippen MR) is 96.2 cm³/mol. The first-order chi connectivity index (χ1) is 12.0. The summed E-state index contributed by atoms with van der Waals surface area (Å²) < 4.78 is 2.11. The first-order valence-corrected chi connectivity index (χ1v) is 8.75. The first-order valence-electron chi connectivity index (χ1n) is 8.75. The number of nitrogens with one attached hydrogen (secondary N) is 2. The summed E-state index contributed by atoms with van der Waals surface area (Å²) in [5.74, 6) is 0.983. The molecular formula is C18H25N5O2. The molecule has 3 amide bonds. The van der Waals surface area contributed by atoms with Crippen molar-refractivity contribution in [2.75, 3.05) is 19.6 Å². The third-order valence-electron chi connectivity index (χ3n) is 4.62. The molecule has 0 radical (unpaired) electrons. The van der Waals surface area contributed by atoms with Crippen LogP contribution in [0.1, 0.15) is 25.6 Å². The van der Waals surface area contributed by atoms with Gasteiger partial charge in [0, 0.05) is 46.1 Å². The molecule has 3 rings (SSSR count). The van der Waals surface area contributed by atoms with Crippen molar-refractivity contribution < 1.29 is 9.59 Å². The number of carbonyl (C=O) groups is 2. The zero-order chi connectivity index (χ0) is 17.8. The van der Waals surface area contributed by atoms with Crippen LogP contribution in [0.2, 0.25) is 0 Å². The van der Waals surface area contributed by atoms with E-state index in [4.69, 9.17) is 0 Å². The van der Waals surface area contributed by atoms with E-state index < -0.39 is 0 Å². The second kappa shape index (κ2) is 7.55. The van der Waals surface area contributed by atoms with Crippen LogP contribution in [0.5, 0.6) is 0 Å². The van der Waals surface area contributed by atoms with E-state index in [-0.39, 0.29) is 18.0 Å². The van der Waals surface area contributed by atoms with Crippen molar-refractivity contribution in [1.82, 2.24) is 25.1 Å². The van der Waals surface area contributed by atoms with Crippen LogP contribution in [-0.2, 0) is 18.3 Å². The lowest BCUT2D eigenvalue weighted by molar-refractivity contribution is -0.119. The standard InChI is InChI=1S/C18H25N5O2/c1-13(24)20-14-9-11-23(12-14)18(25)19-10-5-8-17-21-15-6-3-4-7-16(15)22(17)2/h3-4,6-7,14H,5,8-12H2,1-2H3,(H,19,25)(H,20,24). The summed E-state index contributed by atoms with van der Waals surface area (Å²) in [7, 11) is 2.02. The van der Waals surface area contributed by atoms with Gasteiger partial charge in [0.05, 0.1) is 11.0 Å². The number of amides is 3. The Morgan fingerprint density at radius 3 is 2.88 bits per heavy atom. The lowest BCUT2D eigenvalue weighted by atomic mass is 10.3. The van der Waals surface area contributed by atoms with Crippen molar-refractivity contribution in [2.24, 2.45) is 7.05 Å². The van der Waals surface area contributed by atoms with Crippen molar-refractivity contribution in [3.8, 4) is 0 Å². The van der Waals surface area contributed by atoms with Gasteiger partial charge in [-0.25, -0.2) is 9.78 Å².